The molecule has 0 spiro atoms. The number of hydrogen-bond acceptors (Lipinski definition) is 5. The van der Waals surface area contributed by atoms with E-state index in [1.165, 1.54) is 12.1 Å². The molecule has 0 aliphatic carbocycles. The molecule has 0 atom stereocenters. The first-order valence-electron chi connectivity index (χ1n) is 8.83. The zero-order chi connectivity index (χ0) is 18.5. The Hall–Kier alpha value is -2.50. The second kappa shape index (κ2) is 9.44. The van der Waals surface area contributed by atoms with Crippen LogP contribution in [0.2, 0.25) is 0 Å². The van der Waals surface area contributed by atoms with Gasteiger partial charge in [-0.05, 0) is 13.1 Å². The maximum atomic E-state index is 12.4. The molecule has 0 amide bonds. The minimum atomic E-state index is -0.280. The quantitative estimate of drug-likeness (QED) is 0.652. The van der Waals surface area contributed by atoms with Gasteiger partial charge in [-0.3, -0.25) is 4.79 Å². The number of nitrogens with zero attached hydrogens (tertiary/aromatic N) is 1. The molecule has 0 radical (unpaired) electrons. The lowest BCUT2D eigenvalue weighted by Gasteiger charge is -2.18. The number of hydrogen-bond donors (Lipinski definition) is 1. The summed E-state index contributed by atoms with van der Waals surface area (Å²) >= 11 is 0. The van der Waals surface area contributed by atoms with Crippen molar-refractivity contribution < 1.29 is 14.3 Å². The first-order chi connectivity index (χ1) is 12.6. The molecule has 5 nitrogen and oxygen atoms in total. The fourth-order valence-electron chi connectivity index (χ4n) is 2.90. The SMILES string of the molecule is CCN(CC)CCOc1cc(O)c2c(=O)cc(-c3ccccc3)oc2c1.Cl. The molecular weight excluding hydrogens is 366 g/mol. The van der Waals surface area contributed by atoms with Crippen molar-refractivity contribution in [2.24, 2.45) is 0 Å². The Morgan fingerprint density at radius 2 is 1.78 bits per heavy atom. The third-order valence-electron chi connectivity index (χ3n) is 4.41. The molecule has 0 aliphatic heterocycles. The number of phenols is 1. The van der Waals surface area contributed by atoms with Crippen LogP contribution < -0.4 is 10.2 Å². The predicted molar refractivity (Wildman–Crippen MR) is 110 cm³/mol. The molecule has 6 heteroatoms. The monoisotopic (exact) mass is 389 g/mol. The summed E-state index contributed by atoms with van der Waals surface area (Å²) in [5.41, 5.74) is 0.838. The van der Waals surface area contributed by atoms with Crippen molar-refractivity contribution in [3.8, 4) is 22.8 Å². The lowest BCUT2D eigenvalue weighted by atomic mass is 10.1. The number of ether oxygens (including phenoxy) is 1. The molecular formula is C21H24ClNO4. The van der Waals surface area contributed by atoms with Crippen LogP contribution in [0.3, 0.4) is 0 Å². The number of fused-ring (bicyclic) bond motifs is 1. The van der Waals surface area contributed by atoms with E-state index in [0.29, 0.717) is 23.7 Å². The van der Waals surface area contributed by atoms with E-state index in [1.807, 2.05) is 30.3 Å². The molecule has 1 aromatic heterocycles. The van der Waals surface area contributed by atoms with Gasteiger partial charge < -0.3 is 19.2 Å². The Morgan fingerprint density at radius 3 is 2.44 bits per heavy atom. The number of rotatable bonds is 7. The van der Waals surface area contributed by atoms with Crippen LogP contribution in [-0.2, 0) is 0 Å². The Labute approximate surface area is 164 Å². The minimum absolute atomic E-state index is 0. The van der Waals surface area contributed by atoms with Gasteiger partial charge in [0, 0.05) is 30.3 Å². The lowest BCUT2D eigenvalue weighted by molar-refractivity contribution is 0.222. The van der Waals surface area contributed by atoms with E-state index >= 15 is 0 Å². The highest BCUT2D eigenvalue weighted by molar-refractivity contribution is 5.86. The van der Waals surface area contributed by atoms with E-state index in [0.717, 1.165) is 25.2 Å². The van der Waals surface area contributed by atoms with Gasteiger partial charge in [-0.1, -0.05) is 44.2 Å². The normalized spacial score (nSPS) is 10.8. The first kappa shape index (κ1) is 20.8. The van der Waals surface area contributed by atoms with Gasteiger partial charge >= 0.3 is 0 Å². The molecule has 144 valence electrons. The van der Waals surface area contributed by atoms with Gasteiger partial charge in [-0.2, -0.15) is 0 Å². The van der Waals surface area contributed by atoms with Crippen LogP contribution in [0.5, 0.6) is 11.5 Å². The molecule has 1 heterocycles. The molecule has 0 fully saturated rings. The molecule has 1 N–H and O–H groups in total. The fourth-order valence-corrected chi connectivity index (χ4v) is 2.90. The summed E-state index contributed by atoms with van der Waals surface area (Å²) < 4.78 is 11.6. The molecule has 0 bridgehead atoms. The summed E-state index contributed by atoms with van der Waals surface area (Å²) in [5, 5.41) is 10.4. The first-order valence-corrected chi connectivity index (χ1v) is 8.83. The van der Waals surface area contributed by atoms with Crippen molar-refractivity contribution in [2.45, 2.75) is 13.8 Å². The van der Waals surface area contributed by atoms with Crippen LogP contribution in [0, 0.1) is 0 Å². The fraction of sp³-hybridized carbons (Fsp3) is 0.286. The van der Waals surface area contributed by atoms with Crippen LogP contribution >= 0.6 is 12.4 Å². The summed E-state index contributed by atoms with van der Waals surface area (Å²) in [4.78, 5) is 14.7. The Kier molecular flexibility index (Phi) is 7.28. The van der Waals surface area contributed by atoms with Crippen LogP contribution in [0.4, 0.5) is 0 Å². The largest absolute Gasteiger partial charge is 0.507 e. The Morgan fingerprint density at radius 1 is 1.07 bits per heavy atom. The summed E-state index contributed by atoms with van der Waals surface area (Å²) in [7, 11) is 0. The van der Waals surface area contributed by atoms with Gasteiger partial charge in [0.2, 0.25) is 0 Å². The minimum Gasteiger partial charge on any atom is -0.507 e. The predicted octanol–water partition coefficient (Wildman–Crippen LogP) is 4.31. The van der Waals surface area contributed by atoms with Gasteiger partial charge in [0.05, 0.1) is 0 Å². The molecule has 3 aromatic rings. The van der Waals surface area contributed by atoms with Crippen molar-refractivity contribution >= 4 is 23.4 Å². The van der Waals surface area contributed by atoms with E-state index in [1.54, 1.807) is 6.07 Å². The van der Waals surface area contributed by atoms with E-state index < -0.39 is 0 Å². The van der Waals surface area contributed by atoms with Crippen LogP contribution in [0.15, 0.2) is 57.7 Å². The summed E-state index contributed by atoms with van der Waals surface area (Å²) in [5.74, 6) is 0.812. The zero-order valence-corrected chi connectivity index (χ0v) is 16.3. The highest BCUT2D eigenvalue weighted by atomic mass is 35.5. The van der Waals surface area contributed by atoms with Gasteiger partial charge in [0.25, 0.3) is 0 Å². The van der Waals surface area contributed by atoms with Crippen LogP contribution in [0.25, 0.3) is 22.3 Å². The summed E-state index contributed by atoms with van der Waals surface area (Å²) in [6, 6.07) is 13.9. The van der Waals surface area contributed by atoms with Crippen LogP contribution in [0.1, 0.15) is 13.8 Å². The topological polar surface area (TPSA) is 62.9 Å². The van der Waals surface area contributed by atoms with Crippen molar-refractivity contribution in [3.05, 3.63) is 58.8 Å². The summed E-state index contributed by atoms with van der Waals surface area (Å²) in [6.45, 7) is 7.40. The van der Waals surface area contributed by atoms with Crippen molar-refractivity contribution in [3.63, 3.8) is 0 Å². The lowest BCUT2D eigenvalue weighted by Crippen LogP contribution is -2.27. The van der Waals surface area contributed by atoms with Crippen LogP contribution in [-0.4, -0.2) is 36.2 Å². The molecule has 0 unspecified atom stereocenters. The van der Waals surface area contributed by atoms with Crippen molar-refractivity contribution in [1.29, 1.82) is 0 Å². The van der Waals surface area contributed by atoms with Gasteiger partial charge in [0.15, 0.2) is 5.43 Å². The molecule has 3 rings (SSSR count). The Bertz CT molecular complexity index is 936. The van der Waals surface area contributed by atoms with Gasteiger partial charge in [-0.25, -0.2) is 0 Å². The second-order valence-electron chi connectivity index (χ2n) is 6.03. The zero-order valence-electron chi connectivity index (χ0n) is 15.5. The smallest absolute Gasteiger partial charge is 0.197 e. The molecule has 0 saturated carbocycles. The average Bonchev–Trinajstić information content (AvgIpc) is 2.65. The Balaban J connectivity index is 0.00000261. The van der Waals surface area contributed by atoms with E-state index in [-0.39, 0.29) is 29.0 Å². The summed E-state index contributed by atoms with van der Waals surface area (Å²) in [6.07, 6.45) is 0. The molecule has 0 saturated heterocycles. The standard InChI is InChI=1S/C21H23NO4.ClH/c1-3-22(4-2)10-11-25-16-12-17(23)21-18(24)14-19(26-20(21)13-16)15-8-6-5-7-9-15;/h5-9,12-14,23H,3-4,10-11H2,1-2H3;1H. The number of benzene rings is 2. The average molecular weight is 390 g/mol. The highest BCUT2D eigenvalue weighted by Crippen LogP contribution is 2.31. The molecule has 2 aromatic carbocycles. The van der Waals surface area contributed by atoms with Gasteiger partial charge in [-0.15, -0.1) is 12.4 Å². The number of aromatic hydroxyl groups is 1. The third-order valence-corrected chi connectivity index (χ3v) is 4.41. The van der Waals surface area contributed by atoms with Gasteiger partial charge in [0.1, 0.15) is 34.8 Å². The van der Waals surface area contributed by atoms with E-state index in [2.05, 4.69) is 18.7 Å². The number of phenolic OH excluding ortho intramolecular Hbond substituents is 1. The van der Waals surface area contributed by atoms with Crippen molar-refractivity contribution in [2.75, 3.05) is 26.2 Å². The highest BCUT2D eigenvalue weighted by Gasteiger charge is 2.13. The third kappa shape index (κ3) is 4.81. The van der Waals surface area contributed by atoms with Crippen molar-refractivity contribution in [1.82, 2.24) is 4.90 Å². The molecule has 0 aliphatic rings. The number of halogens is 1. The molecule has 27 heavy (non-hydrogen) atoms. The number of likely N-dealkylation sites (N-methyl/N-ethyl adjacent to an activating group) is 1. The van der Waals surface area contributed by atoms with E-state index in [4.69, 9.17) is 9.15 Å². The maximum Gasteiger partial charge on any atom is 0.197 e. The van der Waals surface area contributed by atoms with E-state index in [9.17, 15) is 9.90 Å². The second-order valence-corrected chi connectivity index (χ2v) is 6.03. The maximum absolute atomic E-state index is 12.4.